The molecule has 19 heavy (non-hydrogen) atoms. The molecule has 0 saturated heterocycles. The molecule has 3 aromatic heterocycles. The maximum atomic E-state index is 11.1. The first-order chi connectivity index (χ1) is 9.20. The molecule has 3 heterocycles. The highest BCUT2D eigenvalue weighted by atomic mass is 32.1. The molecule has 0 aliphatic rings. The van der Waals surface area contributed by atoms with Crippen molar-refractivity contribution in [3.05, 3.63) is 41.0 Å². The van der Waals surface area contributed by atoms with Crippen molar-refractivity contribution in [3.8, 4) is 5.82 Å². The smallest absolute Gasteiger partial charge is 0.345 e. The van der Waals surface area contributed by atoms with E-state index < -0.39 is 5.97 Å². The molecule has 3 rings (SSSR count). The standard InChI is InChI=1S/C13H11N3O2S/c1-2-9-8-7-10(13(17)18)19-12(8)16(15-9)11-5-3-4-6-14-11/h3-7H,2H2,1H3,(H,17,18). The quantitative estimate of drug-likeness (QED) is 0.796. The van der Waals surface area contributed by atoms with E-state index in [4.69, 9.17) is 5.11 Å². The summed E-state index contributed by atoms with van der Waals surface area (Å²) in [6.07, 6.45) is 2.45. The lowest BCUT2D eigenvalue weighted by molar-refractivity contribution is 0.0702. The maximum absolute atomic E-state index is 11.1. The van der Waals surface area contributed by atoms with Crippen molar-refractivity contribution in [1.82, 2.24) is 14.8 Å². The number of carboxylic acid groups (broad SMARTS) is 1. The van der Waals surface area contributed by atoms with E-state index in [0.717, 1.165) is 22.3 Å². The molecule has 1 N–H and O–H groups in total. The predicted molar refractivity (Wildman–Crippen MR) is 73.1 cm³/mol. The number of aryl methyl sites for hydroxylation is 1. The molecular formula is C13H11N3O2S. The van der Waals surface area contributed by atoms with Crippen molar-refractivity contribution in [1.29, 1.82) is 0 Å². The van der Waals surface area contributed by atoms with Crippen LogP contribution >= 0.6 is 11.3 Å². The molecule has 0 fully saturated rings. The number of carboxylic acids is 1. The van der Waals surface area contributed by atoms with Gasteiger partial charge in [0.15, 0.2) is 5.82 Å². The average molecular weight is 273 g/mol. The fraction of sp³-hybridized carbons (Fsp3) is 0.154. The minimum atomic E-state index is -0.907. The molecule has 0 atom stereocenters. The van der Waals surface area contributed by atoms with Gasteiger partial charge in [0.1, 0.15) is 9.71 Å². The van der Waals surface area contributed by atoms with Crippen LogP contribution in [-0.2, 0) is 6.42 Å². The summed E-state index contributed by atoms with van der Waals surface area (Å²) in [7, 11) is 0. The molecule has 0 spiro atoms. The normalized spacial score (nSPS) is 11.0. The molecule has 0 aliphatic heterocycles. The summed E-state index contributed by atoms with van der Waals surface area (Å²) in [6.45, 7) is 2.00. The number of pyridine rings is 1. The Bertz CT molecular complexity index is 746. The van der Waals surface area contributed by atoms with Crippen molar-refractivity contribution >= 4 is 27.5 Å². The molecule has 96 valence electrons. The molecule has 0 amide bonds. The van der Waals surface area contributed by atoms with E-state index in [2.05, 4.69) is 10.1 Å². The zero-order valence-electron chi connectivity index (χ0n) is 10.2. The predicted octanol–water partition coefficient (Wildman–Crippen LogP) is 2.74. The Kier molecular flexibility index (Phi) is 2.79. The summed E-state index contributed by atoms with van der Waals surface area (Å²) in [5.74, 6) is -0.207. The Morgan fingerprint density at radius 2 is 2.32 bits per heavy atom. The lowest BCUT2D eigenvalue weighted by Crippen LogP contribution is -1.99. The first-order valence-electron chi connectivity index (χ1n) is 5.87. The van der Waals surface area contributed by atoms with Crippen molar-refractivity contribution in [2.45, 2.75) is 13.3 Å². The Morgan fingerprint density at radius 1 is 1.47 bits per heavy atom. The van der Waals surface area contributed by atoms with E-state index in [0.29, 0.717) is 10.7 Å². The van der Waals surface area contributed by atoms with Crippen LogP contribution in [-0.4, -0.2) is 25.8 Å². The van der Waals surface area contributed by atoms with Crippen LogP contribution < -0.4 is 0 Å². The summed E-state index contributed by atoms with van der Waals surface area (Å²) in [4.78, 5) is 16.5. The molecule has 0 bridgehead atoms. The van der Waals surface area contributed by atoms with Crippen LogP contribution in [0.1, 0.15) is 22.3 Å². The van der Waals surface area contributed by atoms with Crippen LogP contribution in [0, 0.1) is 0 Å². The third kappa shape index (κ3) is 1.90. The summed E-state index contributed by atoms with van der Waals surface area (Å²) in [5, 5.41) is 14.5. The third-order valence-corrected chi connectivity index (χ3v) is 3.95. The highest BCUT2D eigenvalue weighted by molar-refractivity contribution is 7.20. The lowest BCUT2D eigenvalue weighted by Gasteiger charge is -1.99. The fourth-order valence-electron chi connectivity index (χ4n) is 1.97. The van der Waals surface area contributed by atoms with E-state index in [-0.39, 0.29) is 0 Å². The van der Waals surface area contributed by atoms with E-state index in [1.54, 1.807) is 16.9 Å². The zero-order chi connectivity index (χ0) is 13.4. The molecule has 6 heteroatoms. The van der Waals surface area contributed by atoms with Crippen molar-refractivity contribution < 1.29 is 9.90 Å². The van der Waals surface area contributed by atoms with Crippen molar-refractivity contribution in [2.75, 3.05) is 0 Å². The highest BCUT2D eigenvalue weighted by Gasteiger charge is 2.17. The van der Waals surface area contributed by atoms with E-state index >= 15 is 0 Å². The third-order valence-electron chi connectivity index (χ3n) is 2.85. The van der Waals surface area contributed by atoms with Crippen LogP contribution in [0.5, 0.6) is 0 Å². The number of rotatable bonds is 3. The number of aromatic nitrogens is 3. The summed E-state index contributed by atoms with van der Waals surface area (Å²) < 4.78 is 1.71. The van der Waals surface area contributed by atoms with E-state index in [1.165, 1.54) is 11.3 Å². The van der Waals surface area contributed by atoms with E-state index in [1.807, 2.05) is 25.1 Å². The zero-order valence-corrected chi connectivity index (χ0v) is 11.0. The van der Waals surface area contributed by atoms with Gasteiger partial charge < -0.3 is 5.11 Å². The van der Waals surface area contributed by atoms with Gasteiger partial charge in [-0.05, 0) is 24.6 Å². The number of nitrogens with zero attached hydrogens (tertiary/aromatic N) is 3. The second kappa shape index (κ2) is 4.47. The monoisotopic (exact) mass is 273 g/mol. The summed E-state index contributed by atoms with van der Waals surface area (Å²) in [5.41, 5.74) is 0.893. The summed E-state index contributed by atoms with van der Waals surface area (Å²) >= 11 is 1.22. The lowest BCUT2D eigenvalue weighted by atomic mass is 10.2. The van der Waals surface area contributed by atoms with Crippen LogP contribution in [0.25, 0.3) is 16.0 Å². The first-order valence-corrected chi connectivity index (χ1v) is 6.68. The minimum Gasteiger partial charge on any atom is -0.477 e. The molecule has 0 radical (unpaired) electrons. The van der Waals surface area contributed by atoms with Gasteiger partial charge in [0.2, 0.25) is 0 Å². The largest absolute Gasteiger partial charge is 0.477 e. The van der Waals surface area contributed by atoms with Gasteiger partial charge in [-0.1, -0.05) is 13.0 Å². The van der Waals surface area contributed by atoms with Gasteiger partial charge in [-0.15, -0.1) is 11.3 Å². The molecule has 0 saturated carbocycles. The second-order valence-corrected chi connectivity index (χ2v) is 5.07. The maximum Gasteiger partial charge on any atom is 0.345 e. The van der Waals surface area contributed by atoms with Crippen LogP contribution in [0.2, 0.25) is 0 Å². The van der Waals surface area contributed by atoms with Gasteiger partial charge >= 0.3 is 5.97 Å². The molecular weight excluding hydrogens is 262 g/mol. The van der Waals surface area contributed by atoms with Crippen molar-refractivity contribution in [3.63, 3.8) is 0 Å². The van der Waals surface area contributed by atoms with Gasteiger partial charge in [-0.3, -0.25) is 0 Å². The van der Waals surface area contributed by atoms with Gasteiger partial charge in [-0.25, -0.2) is 14.5 Å². The van der Waals surface area contributed by atoms with Crippen molar-refractivity contribution in [2.24, 2.45) is 0 Å². The topological polar surface area (TPSA) is 68.0 Å². The fourth-order valence-corrected chi connectivity index (χ4v) is 2.95. The van der Waals surface area contributed by atoms with Gasteiger partial charge in [0.25, 0.3) is 0 Å². The number of hydrogen-bond acceptors (Lipinski definition) is 4. The van der Waals surface area contributed by atoms with Gasteiger partial charge in [0.05, 0.1) is 5.69 Å². The first kappa shape index (κ1) is 11.9. The Morgan fingerprint density at radius 3 is 2.95 bits per heavy atom. The molecule has 0 aromatic carbocycles. The highest BCUT2D eigenvalue weighted by Crippen LogP contribution is 2.30. The Labute approximate surface area is 113 Å². The molecule has 5 nitrogen and oxygen atoms in total. The number of aromatic carboxylic acids is 1. The summed E-state index contributed by atoms with van der Waals surface area (Å²) in [6, 6.07) is 7.26. The number of thiophene rings is 1. The minimum absolute atomic E-state index is 0.326. The number of hydrogen-bond donors (Lipinski definition) is 1. The average Bonchev–Trinajstić information content (AvgIpc) is 2.98. The van der Waals surface area contributed by atoms with Crippen LogP contribution in [0.4, 0.5) is 0 Å². The number of fused-ring (bicyclic) bond motifs is 1. The molecule has 0 unspecified atom stereocenters. The second-order valence-electron chi connectivity index (χ2n) is 4.03. The van der Waals surface area contributed by atoms with E-state index in [9.17, 15) is 4.79 Å². The van der Waals surface area contributed by atoms with Gasteiger partial charge in [0, 0.05) is 11.6 Å². The van der Waals surface area contributed by atoms with Gasteiger partial charge in [-0.2, -0.15) is 5.10 Å². The Balaban J connectivity index is 2.27. The molecule has 0 aliphatic carbocycles. The Hall–Kier alpha value is -2.21. The number of carbonyl (C=O) groups is 1. The molecule has 3 aromatic rings. The van der Waals surface area contributed by atoms with Crippen LogP contribution in [0.15, 0.2) is 30.5 Å². The van der Waals surface area contributed by atoms with Crippen LogP contribution in [0.3, 0.4) is 0 Å². The SMILES string of the molecule is CCc1nn(-c2ccccn2)c2sc(C(=O)O)cc12.